The first-order chi connectivity index (χ1) is 22.7. The molecule has 0 unspecified atom stereocenters. The van der Waals surface area contributed by atoms with Crippen molar-refractivity contribution >= 4 is 43.4 Å². The average Bonchev–Trinajstić information content (AvgIpc) is 3.46. The van der Waals surface area contributed by atoms with Gasteiger partial charge < -0.3 is 4.57 Å². The second-order valence-electron chi connectivity index (χ2n) is 12.0. The first-order valence-electron chi connectivity index (χ1n) is 15.8. The van der Waals surface area contributed by atoms with Gasteiger partial charge in [-0.3, -0.25) is 0 Å². The molecular formula is C44H30N2. The van der Waals surface area contributed by atoms with E-state index < -0.39 is 0 Å². The van der Waals surface area contributed by atoms with Crippen LogP contribution in [-0.2, 0) is 7.05 Å². The maximum Gasteiger partial charge on any atom is 0.140 e. The molecule has 1 heterocycles. The van der Waals surface area contributed by atoms with Crippen molar-refractivity contribution in [3.05, 3.63) is 164 Å². The van der Waals surface area contributed by atoms with Crippen LogP contribution in [0.1, 0.15) is 0 Å². The Kier molecular flexibility index (Phi) is 6.07. The zero-order valence-corrected chi connectivity index (χ0v) is 25.5. The average molecular weight is 587 g/mol. The van der Waals surface area contributed by atoms with Crippen LogP contribution in [0.4, 0.5) is 0 Å². The second-order valence-corrected chi connectivity index (χ2v) is 12.0. The van der Waals surface area contributed by atoms with Gasteiger partial charge >= 0.3 is 0 Å². The first-order valence-corrected chi connectivity index (χ1v) is 15.8. The zero-order valence-electron chi connectivity index (χ0n) is 25.5. The smallest absolute Gasteiger partial charge is 0.140 e. The Morgan fingerprint density at radius 1 is 0.391 bits per heavy atom. The third kappa shape index (κ3) is 4.22. The molecule has 46 heavy (non-hydrogen) atoms. The predicted molar refractivity (Wildman–Crippen MR) is 195 cm³/mol. The van der Waals surface area contributed by atoms with E-state index in [4.69, 9.17) is 4.98 Å². The minimum absolute atomic E-state index is 0.964. The molecule has 2 nitrogen and oxygen atoms in total. The van der Waals surface area contributed by atoms with E-state index in [9.17, 15) is 0 Å². The van der Waals surface area contributed by atoms with E-state index in [0.717, 1.165) is 22.4 Å². The van der Waals surface area contributed by atoms with Crippen LogP contribution in [0.3, 0.4) is 0 Å². The fraction of sp³-hybridized carbons (Fsp3) is 0.0227. The van der Waals surface area contributed by atoms with Gasteiger partial charge in [-0.25, -0.2) is 4.98 Å². The normalized spacial score (nSPS) is 11.6. The van der Waals surface area contributed by atoms with Gasteiger partial charge in [-0.05, 0) is 90.0 Å². The summed E-state index contributed by atoms with van der Waals surface area (Å²) in [6, 6.07) is 59.1. The Morgan fingerprint density at radius 3 is 1.63 bits per heavy atom. The number of aryl methyl sites for hydroxylation is 1. The summed E-state index contributed by atoms with van der Waals surface area (Å²) in [5.41, 5.74) is 10.5. The molecule has 0 aliphatic carbocycles. The van der Waals surface area contributed by atoms with Crippen LogP contribution in [-0.4, -0.2) is 9.55 Å². The molecule has 0 saturated heterocycles. The third-order valence-corrected chi connectivity index (χ3v) is 9.37. The summed E-state index contributed by atoms with van der Waals surface area (Å²) < 4.78 is 2.21. The predicted octanol–water partition coefficient (Wildman–Crippen LogP) is 11.7. The molecule has 0 saturated carbocycles. The Labute approximate surface area is 267 Å². The van der Waals surface area contributed by atoms with Gasteiger partial charge in [-0.1, -0.05) is 140 Å². The van der Waals surface area contributed by atoms with Crippen LogP contribution in [0.2, 0.25) is 0 Å². The lowest BCUT2D eigenvalue weighted by atomic mass is 9.85. The summed E-state index contributed by atoms with van der Waals surface area (Å²) in [5.74, 6) is 0.964. The SMILES string of the molecule is Cn1c(-c2cccc(-c3ccccc3)c2)nc2cc(-c3c4ccccc4c(-c4ccc5ccccc5c4)c4ccccc34)ccc21. The molecule has 0 N–H and O–H groups in total. The van der Waals surface area contributed by atoms with Gasteiger partial charge in [0.25, 0.3) is 0 Å². The highest BCUT2D eigenvalue weighted by Gasteiger charge is 2.18. The van der Waals surface area contributed by atoms with Crippen LogP contribution in [0.15, 0.2) is 164 Å². The number of nitrogens with zero attached hydrogens (tertiary/aromatic N) is 2. The highest BCUT2D eigenvalue weighted by Crippen LogP contribution is 2.44. The van der Waals surface area contributed by atoms with Crippen molar-refractivity contribution in [2.45, 2.75) is 0 Å². The summed E-state index contributed by atoms with van der Waals surface area (Å²) in [7, 11) is 2.11. The second kappa shape index (κ2) is 10.6. The summed E-state index contributed by atoms with van der Waals surface area (Å²) in [6.07, 6.45) is 0. The van der Waals surface area contributed by atoms with Crippen molar-refractivity contribution in [2.75, 3.05) is 0 Å². The van der Waals surface area contributed by atoms with Crippen molar-refractivity contribution in [3.8, 4) is 44.8 Å². The molecule has 2 heteroatoms. The molecule has 0 atom stereocenters. The molecule has 0 bridgehead atoms. The van der Waals surface area contributed by atoms with E-state index in [1.165, 1.54) is 65.7 Å². The van der Waals surface area contributed by atoms with Gasteiger partial charge in [0.1, 0.15) is 5.82 Å². The van der Waals surface area contributed by atoms with Crippen LogP contribution in [0, 0.1) is 0 Å². The van der Waals surface area contributed by atoms with Crippen molar-refractivity contribution in [2.24, 2.45) is 7.05 Å². The Morgan fingerprint density at radius 2 is 0.935 bits per heavy atom. The van der Waals surface area contributed by atoms with Gasteiger partial charge in [-0.2, -0.15) is 0 Å². The number of imidazole rings is 1. The molecule has 0 spiro atoms. The van der Waals surface area contributed by atoms with E-state index >= 15 is 0 Å². The summed E-state index contributed by atoms with van der Waals surface area (Å²) in [4.78, 5) is 5.22. The fourth-order valence-corrected chi connectivity index (χ4v) is 7.18. The lowest BCUT2D eigenvalue weighted by Crippen LogP contribution is -1.93. The summed E-state index contributed by atoms with van der Waals surface area (Å²) >= 11 is 0. The van der Waals surface area contributed by atoms with Crippen molar-refractivity contribution < 1.29 is 0 Å². The van der Waals surface area contributed by atoms with Gasteiger partial charge in [0, 0.05) is 12.6 Å². The number of hydrogen-bond donors (Lipinski definition) is 0. The lowest BCUT2D eigenvalue weighted by molar-refractivity contribution is 0.959. The van der Waals surface area contributed by atoms with Crippen molar-refractivity contribution in [1.29, 1.82) is 0 Å². The monoisotopic (exact) mass is 586 g/mol. The van der Waals surface area contributed by atoms with E-state index in [1.807, 2.05) is 0 Å². The quantitative estimate of drug-likeness (QED) is 0.188. The maximum absolute atomic E-state index is 5.22. The van der Waals surface area contributed by atoms with Crippen LogP contribution >= 0.6 is 0 Å². The number of hydrogen-bond acceptors (Lipinski definition) is 1. The Balaban J connectivity index is 1.24. The minimum Gasteiger partial charge on any atom is -0.327 e. The Bertz CT molecular complexity index is 2530. The highest BCUT2D eigenvalue weighted by molar-refractivity contribution is 6.22. The van der Waals surface area contributed by atoms with Crippen molar-refractivity contribution in [3.63, 3.8) is 0 Å². The largest absolute Gasteiger partial charge is 0.327 e. The van der Waals surface area contributed by atoms with Crippen molar-refractivity contribution in [1.82, 2.24) is 9.55 Å². The molecule has 0 fully saturated rings. The molecule has 8 aromatic carbocycles. The molecule has 0 aliphatic rings. The highest BCUT2D eigenvalue weighted by atomic mass is 15.1. The molecule has 0 aliphatic heterocycles. The van der Waals surface area contributed by atoms with Crippen LogP contribution in [0.25, 0.3) is 88.1 Å². The number of aromatic nitrogens is 2. The minimum atomic E-state index is 0.964. The molecule has 0 radical (unpaired) electrons. The van der Waals surface area contributed by atoms with Crippen LogP contribution in [0.5, 0.6) is 0 Å². The van der Waals surface area contributed by atoms with Gasteiger partial charge in [0.2, 0.25) is 0 Å². The molecule has 1 aromatic heterocycles. The maximum atomic E-state index is 5.22. The van der Waals surface area contributed by atoms with Gasteiger partial charge in [0.05, 0.1) is 11.0 Å². The standard InChI is InChI=1S/C44H30N2/c1-46-41-25-24-34(28-40(41)45-44(46)35-17-11-16-32(27-35)29-12-3-2-4-13-29)43-38-20-9-7-18-36(38)42(37-19-8-10-21-39(37)43)33-23-22-30-14-5-6-15-31(30)26-33/h2-28H,1H3. The number of rotatable bonds is 4. The third-order valence-electron chi connectivity index (χ3n) is 9.37. The molecule has 9 aromatic rings. The fourth-order valence-electron chi connectivity index (χ4n) is 7.18. The van der Waals surface area contributed by atoms with E-state index in [1.54, 1.807) is 0 Å². The van der Waals surface area contributed by atoms with Gasteiger partial charge in [0.15, 0.2) is 0 Å². The zero-order chi connectivity index (χ0) is 30.6. The van der Waals surface area contributed by atoms with Gasteiger partial charge in [-0.15, -0.1) is 0 Å². The number of benzene rings is 8. The van der Waals surface area contributed by atoms with E-state index in [2.05, 4.69) is 175 Å². The molecular weight excluding hydrogens is 556 g/mol. The lowest BCUT2D eigenvalue weighted by Gasteiger charge is -2.18. The van der Waals surface area contributed by atoms with E-state index in [0.29, 0.717) is 0 Å². The molecule has 216 valence electrons. The molecule has 0 amide bonds. The van der Waals surface area contributed by atoms with E-state index in [-0.39, 0.29) is 0 Å². The first kappa shape index (κ1) is 26.4. The number of fused-ring (bicyclic) bond motifs is 4. The summed E-state index contributed by atoms with van der Waals surface area (Å²) in [5, 5.41) is 7.51. The Hall–Kier alpha value is -5.99. The topological polar surface area (TPSA) is 17.8 Å². The summed E-state index contributed by atoms with van der Waals surface area (Å²) in [6.45, 7) is 0. The molecule has 9 rings (SSSR count). The van der Waals surface area contributed by atoms with Crippen LogP contribution < -0.4 is 0 Å².